The molecule has 0 N–H and O–H groups in total. The van der Waals surface area contributed by atoms with E-state index in [-0.39, 0.29) is 24.3 Å². The third-order valence-corrected chi connectivity index (χ3v) is 6.07. The zero-order valence-corrected chi connectivity index (χ0v) is 12.7. The van der Waals surface area contributed by atoms with E-state index in [1.807, 2.05) is 0 Å². The predicted octanol–water partition coefficient (Wildman–Crippen LogP) is 3.21. The summed E-state index contributed by atoms with van der Waals surface area (Å²) in [6, 6.07) is -0.481. The maximum absolute atomic E-state index is 12.5. The van der Waals surface area contributed by atoms with Gasteiger partial charge in [0.15, 0.2) is 0 Å². The molecule has 1 aromatic carbocycles. The zero-order chi connectivity index (χ0) is 20.1. The first-order chi connectivity index (χ1) is 10.8. The van der Waals surface area contributed by atoms with Crippen molar-refractivity contribution in [2.75, 3.05) is 3.71 Å². The monoisotopic (exact) mass is 425 g/mol. The lowest BCUT2D eigenvalue weighted by molar-refractivity contribution is -0.137. The molecule has 0 amide bonds. The molecule has 0 saturated carbocycles. The van der Waals surface area contributed by atoms with Gasteiger partial charge in [-0.25, -0.2) is 0 Å². The molecule has 5 nitrogen and oxygen atoms in total. The molecule has 1 aromatic rings. The van der Waals surface area contributed by atoms with Crippen LogP contribution < -0.4 is 3.71 Å². The molecule has 0 aromatic heterocycles. The van der Waals surface area contributed by atoms with E-state index in [2.05, 4.69) is 0 Å². The van der Waals surface area contributed by atoms with Crippen LogP contribution in [0.2, 0.25) is 0 Å². The van der Waals surface area contributed by atoms with E-state index < -0.39 is 52.2 Å². The van der Waals surface area contributed by atoms with E-state index in [4.69, 9.17) is 0 Å². The second-order valence-corrected chi connectivity index (χ2v) is 7.93. The van der Waals surface area contributed by atoms with Gasteiger partial charge in [0.25, 0.3) is 0 Å². The number of anilines is 1. The lowest BCUT2D eigenvalue weighted by Gasteiger charge is -2.25. The Bertz CT molecular complexity index is 791. The number of nitrogens with zero attached hydrogens (tertiary/aromatic N) is 1. The topological polar surface area (TPSA) is 71.5 Å². The van der Waals surface area contributed by atoms with Crippen LogP contribution in [-0.4, -0.2) is 27.9 Å². The van der Waals surface area contributed by atoms with Gasteiger partial charge < -0.3 is 0 Å². The fraction of sp³-hybridized carbons (Fsp3) is 0.333. The summed E-state index contributed by atoms with van der Waals surface area (Å²) in [4.78, 5) is 0. The summed E-state index contributed by atoms with van der Waals surface area (Å²) in [5.74, 6) is 0. The van der Waals surface area contributed by atoms with E-state index in [0.29, 0.717) is 0 Å². The first kappa shape index (κ1) is 21.3. The van der Waals surface area contributed by atoms with Crippen molar-refractivity contribution in [3.8, 4) is 0 Å². The number of sulfonamides is 2. The number of hydrogen-bond acceptors (Lipinski definition) is 4. The second-order valence-electron chi connectivity index (χ2n) is 4.14. The Hall–Kier alpha value is -1.71. The van der Waals surface area contributed by atoms with Crippen molar-refractivity contribution in [1.29, 1.82) is 0 Å². The van der Waals surface area contributed by atoms with Crippen molar-refractivity contribution in [3.05, 3.63) is 29.8 Å². The van der Waals surface area contributed by atoms with Gasteiger partial charge in [0.05, 0.1) is 11.3 Å². The lowest BCUT2D eigenvalue weighted by Crippen LogP contribution is -2.49. The molecule has 16 heteroatoms. The summed E-state index contributed by atoms with van der Waals surface area (Å²) in [7, 11) is -14.3. The summed E-state index contributed by atoms with van der Waals surface area (Å²) >= 11 is 0. The van der Waals surface area contributed by atoms with E-state index in [9.17, 15) is 56.3 Å². The van der Waals surface area contributed by atoms with Gasteiger partial charge in [-0.1, -0.05) is 0 Å². The van der Waals surface area contributed by atoms with Crippen LogP contribution in [-0.2, 0) is 26.2 Å². The van der Waals surface area contributed by atoms with Crippen LogP contribution in [0.1, 0.15) is 5.56 Å². The Morgan fingerprint density at radius 3 is 1.20 bits per heavy atom. The van der Waals surface area contributed by atoms with Crippen LogP contribution in [0.5, 0.6) is 0 Å². The Morgan fingerprint density at radius 1 is 0.640 bits per heavy atom. The molecule has 0 aliphatic carbocycles. The lowest BCUT2D eigenvalue weighted by atomic mass is 10.2. The average Bonchev–Trinajstić information content (AvgIpc) is 2.34. The summed E-state index contributed by atoms with van der Waals surface area (Å²) in [5, 5.41) is 0. The predicted molar refractivity (Wildman–Crippen MR) is 63.9 cm³/mol. The van der Waals surface area contributed by atoms with Gasteiger partial charge in [-0.15, -0.1) is 3.71 Å². The van der Waals surface area contributed by atoms with Gasteiger partial charge >= 0.3 is 37.2 Å². The van der Waals surface area contributed by atoms with Gasteiger partial charge in [-0.3, -0.25) is 0 Å². The van der Waals surface area contributed by atoms with Crippen LogP contribution in [0.15, 0.2) is 24.3 Å². The molecule has 0 saturated heterocycles. The Kier molecular flexibility index (Phi) is 5.06. The molecule has 0 spiro atoms. The number of rotatable bonds is 3. The van der Waals surface area contributed by atoms with Crippen molar-refractivity contribution < 1.29 is 56.3 Å². The smallest absolute Gasteiger partial charge is 0.196 e. The molecule has 144 valence electrons. The van der Waals surface area contributed by atoms with Crippen molar-refractivity contribution in [2.45, 2.75) is 17.2 Å². The second kappa shape index (κ2) is 5.93. The van der Waals surface area contributed by atoms with Crippen LogP contribution in [0, 0.1) is 0 Å². The normalized spacial score (nSPS) is 14.4. The summed E-state index contributed by atoms with van der Waals surface area (Å²) in [6.45, 7) is 0. The maximum atomic E-state index is 12.5. The molecule has 0 fully saturated rings. The van der Waals surface area contributed by atoms with Crippen LogP contribution in [0.25, 0.3) is 0 Å². The highest BCUT2D eigenvalue weighted by atomic mass is 32.3. The van der Waals surface area contributed by atoms with Crippen LogP contribution in [0.3, 0.4) is 0 Å². The minimum absolute atomic E-state index is 0.0832. The van der Waals surface area contributed by atoms with Gasteiger partial charge in [0.1, 0.15) is 0 Å². The molecule has 0 radical (unpaired) electrons. The van der Waals surface area contributed by atoms with E-state index >= 15 is 0 Å². The molecule has 0 atom stereocenters. The molecular formula is C9H4F9NO4S2. The molecule has 1 rings (SSSR count). The quantitative estimate of drug-likeness (QED) is 0.698. The molecule has 0 unspecified atom stereocenters. The molecule has 0 aliphatic heterocycles. The maximum Gasteiger partial charge on any atom is 0.517 e. The highest BCUT2D eigenvalue weighted by Gasteiger charge is 2.61. The minimum atomic E-state index is -7.14. The molecule has 0 aliphatic rings. The number of alkyl halides is 9. The summed E-state index contributed by atoms with van der Waals surface area (Å²) in [6.07, 6.45) is -5.06. The highest BCUT2D eigenvalue weighted by Crippen LogP contribution is 2.39. The summed E-state index contributed by atoms with van der Waals surface area (Å²) in [5.41, 5.74) is -16.3. The highest BCUT2D eigenvalue weighted by molar-refractivity contribution is 8.11. The summed E-state index contributed by atoms with van der Waals surface area (Å²) < 4.78 is 155. The third kappa shape index (κ3) is 3.94. The van der Waals surface area contributed by atoms with Gasteiger partial charge in [0.2, 0.25) is 0 Å². The van der Waals surface area contributed by atoms with Crippen LogP contribution in [0.4, 0.5) is 45.2 Å². The Balaban J connectivity index is 3.72. The molecule has 0 heterocycles. The van der Waals surface area contributed by atoms with Crippen LogP contribution >= 0.6 is 0 Å². The fourth-order valence-corrected chi connectivity index (χ4v) is 4.08. The van der Waals surface area contributed by atoms with Crippen molar-refractivity contribution in [1.82, 2.24) is 0 Å². The van der Waals surface area contributed by atoms with Crippen molar-refractivity contribution in [3.63, 3.8) is 0 Å². The zero-order valence-electron chi connectivity index (χ0n) is 11.1. The van der Waals surface area contributed by atoms with Crippen molar-refractivity contribution in [2.24, 2.45) is 0 Å². The molecule has 0 bridgehead atoms. The van der Waals surface area contributed by atoms with Gasteiger partial charge in [-0.05, 0) is 24.3 Å². The SMILES string of the molecule is O=S(=O)(N(c1ccc(C(F)(F)F)cc1)S(=O)(=O)C(F)(F)F)C(F)(F)F. The molecule has 25 heavy (non-hydrogen) atoms. The average molecular weight is 425 g/mol. The van der Waals surface area contributed by atoms with E-state index in [0.717, 1.165) is 0 Å². The number of halogens is 9. The number of hydrogen-bond donors (Lipinski definition) is 0. The van der Waals surface area contributed by atoms with Crippen molar-refractivity contribution >= 4 is 25.7 Å². The van der Waals surface area contributed by atoms with Gasteiger partial charge in [0, 0.05) is 0 Å². The minimum Gasteiger partial charge on any atom is -0.196 e. The largest absolute Gasteiger partial charge is 0.517 e. The standard InChI is InChI=1S/C9H4F9NO4S2/c10-7(11,12)5-1-3-6(4-2-5)19(24(20,21)8(13,14)15)25(22,23)9(16,17)18/h1-4H. The Labute approximate surface area is 133 Å². The van der Waals surface area contributed by atoms with E-state index in [1.165, 1.54) is 0 Å². The molecular weight excluding hydrogens is 421 g/mol. The van der Waals surface area contributed by atoms with Gasteiger partial charge in [-0.2, -0.15) is 56.3 Å². The first-order valence-electron chi connectivity index (χ1n) is 5.44. The first-order valence-corrected chi connectivity index (χ1v) is 8.32. The number of benzene rings is 1. The van der Waals surface area contributed by atoms with E-state index in [1.54, 1.807) is 0 Å². The third-order valence-electron chi connectivity index (χ3n) is 2.43. The Morgan fingerprint density at radius 2 is 0.960 bits per heavy atom. The fourth-order valence-electron chi connectivity index (χ4n) is 1.37.